The fraction of sp³-hybridized carbons (Fsp3) is 0.0833. The maximum Gasteiger partial charge on any atom is 0.272 e. The van der Waals surface area contributed by atoms with Crippen LogP contribution in [0.3, 0.4) is 0 Å². The highest BCUT2D eigenvalue weighted by molar-refractivity contribution is 6.07. The van der Waals surface area contributed by atoms with Crippen molar-refractivity contribution in [1.29, 1.82) is 0 Å². The zero-order valence-electron chi connectivity index (χ0n) is 8.62. The van der Waals surface area contributed by atoms with Crippen molar-refractivity contribution in [3.8, 4) is 0 Å². The molecule has 1 aromatic carbocycles. The maximum atomic E-state index is 13.2. The van der Waals surface area contributed by atoms with Gasteiger partial charge in [-0.1, -0.05) is 0 Å². The summed E-state index contributed by atoms with van der Waals surface area (Å²) in [7, 11) is 1.80. The zero-order chi connectivity index (χ0) is 11.3. The van der Waals surface area contributed by atoms with Crippen molar-refractivity contribution in [2.75, 3.05) is 0 Å². The van der Waals surface area contributed by atoms with Crippen molar-refractivity contribution >= 4 is 21.8 Å². The summed E-state index contributed by atoms with van der Waals surface area (Å²) in [4.78, 5) is 14.3. The Hall–Kier alpha value is -2.10. The van der Waals surface area contributed by atoms with Gasteiger partial charge in [-0.15, -0.1) is 0 Å². The number of hydrogen-bond donors (Lipinski definition) is 1. The molecule has 4 heteroatoms. The molecular formula is C12H9FN2O. The van der Waals surface area contributed by atoms with Gasteiger partial charge in [0, 0.05) is 29.5 Å². The van der Waals surface area contributed by atoms with E-state index in [-0.39, 0.29) is 11.4 Å². The predicted octanol–water partition coefficient (Wildman–Crippen LogP) is 2.16. The Bertz CT molecular complexity index is 755. The van der Waals surface area contributed by atoms with Crippen molar-refractivity contribution in [1.82, 2.24) is 9.55 Å². The second-order valence-electron chi connectivity index (χ2n) is 3.79. The molecule has 3 aromatic rings. The van der Waals surface area contributed by atoms with Crippen LogP contribution >= 0.6 is 0 Å². The van der Waals surface area contributed by atoms with Gasteiger partial charge in [-0.3, -0.25) is 4.79 Å². The number of benzene rings is 1. The highest BCUT2D eigenvalue weighted by Crippen LogP contribution is 2.25. The summed E-state index contributed by atoms with van der Waals surface area (Å²) in [6, 6.07) is 6.33. The van der Waals surface area contributed by atoms with Crippen LogP contribution in [-0.2, 0) is 7.05 Å². The molecule has 0 bridgehead atoms. The van der Waals surface area contributed by atoms with E-state index in [0.717, 1.165) is 16.3 Å². The zero-order valence-corrected chi connectivity index (χ0v) is 8.62. The Morgan fingerprint density at radius 1 is 1.25 bits per heavy atom. The molecule has 0 aliphatic rings. The van der Waals surface area contributed by atoms with Crippen LogP contribution in [0.5, 0.6) is 0 Å². The number of aromatic amines is 1. The van der Waals surface area contributed by atoms with Gasteiger partial charge in [0.25, 0.3) is 5.56 Å². The normalized spacial score (nSPS) is 11.4. The lowest BCUT2D eigenvalue weighted by Crippen LogP contribution is -2.07. The highest BCUT2D eigenvalue weighted by Gasteiger charge is 2.10. The van der Waals surface area contributed by atoms with Crippen molar-refractivity contribution in [3.63, 3.8) is 0 Å². The molecule has 3 rings (SSSR count). The molecule has 0 saturated heterocycles. The molecule has 0 radical (unpaired) electrons. The Morgan fingerprint density at radius 3 is 2.88 bits per heavy atom. The number of nitrogens with zero attached hydrogens (tertiary/aromatic N) is 1. The van der Waals surface area contributed by atoms with E-state index in [2.05, 4.69) is 4.98 Å². The topological polar surface area (TPSA) is 37.8 Å². The molecule has 0 unspecified atom stereocenters. The number of aryl methyl sites for hydroxylation is 1. The summed E-state index contributed by atoms with van der Waals surface area (Å²) in [5, 5.41) is 1.55. The van der Waals surface area contributed by atoms with E-state index in [1.165, 1.54) is 12.1 Å². The van der Waals surface area contributed by atoms with Gasteiger partial charge in [0.1, 0.15) is 11.3 Å². The van der Waals surface area contributed by atoms with Gasteiger partial charge in [0.2, 0.25) is 0 Å². The standard InChI is InChI=1S/C12H9FN2O/c1-15-10-3-2-7(13)6-9(10)8-4-5-14-12(16)11(8)15/h2-6H,1H3,(H,14,16). The van der Waals surface area contributed by atoms with E-state index in [9.17, 15) is 9.18 Å². The number of rotatable bonds is 0. The molecule has 0 saturated carbocycles. The lowest BCUT2D eigenvalue weighted by atomic mass is 10.2. The Balaban J connectivity index is 2.71. The number of H-pyrrole nitrogens is 1. The second kappa shape index (κ2) is 2.95. The minimum Gasteiger partial charge on any atom is -0.339 e. The van der Waals surface area contributed by atoms with E-state index < -0.39 is 0 Å². The predicted molar refractivity (Wildman–Crippen MR) is 61.0 cm³/mol. The summed E-state index contributed by atoms with van der Waals surface area (Å²) in [5.74, 6) is -0.291. The minimum absolute atomic E-state index is 0.156. The lowest BCUT2D eigenvalue weighted by molar-refractivity contribution is 0.629. The van der Waals surface area contributed by atoms with E-state index in [4.69, 9.17) is 0 Å². The van der Waals surface area contributed by atoms with Gasteiger partial charge in [-0.05, 0) is 24.3 Å². The summed E-state index contributed by atoms with van der Waals surface area (Å²) >= 11 is 0. The van der Waals surface area contributed by atoms with Gasteiger partial charge < -0.3 is 9.55 Å². The van der Waals surface area contributed by atoms with E-state index in [0.29, 0.717) is 5.52 Å². The third-order valence-corrected chi connectivity index (χ3v) is 2.88. The van der Waals surface area contributed by atoms with Crippen LogP contribution in [0.4, 0.5) is 4.39 Å². The molecule has 2 heterocycles. The van der Waals surface area contributed by atoms with Crippen LogP contribution in [0, 0.1) is 5.82 Å². The first-order valence-electron chi connectivity index (χ1n) is 4.94. The summed E-state index contributed by atoms with van der Waals surface area (Å²) in [5.41, 5.74) is 1.27. The molecule has 0 aliphatic carbocycles. The third-order valence-electron chi connectivity index (χ3n) is 2.88. The summed E-state index contributed by atoms with van der Waals surface area (Å²) in [6.07, 6.45) is 1.58. The van der Waals surface area contributed by atoms with Crippen LogP contribution in [0.25, 0.3) is 21.8 Å². The molecule has 16 heavy (non-hydrogen) atoms. The Labute approximate surface area is 90.1 Å². The number of pyridine rings is 1. The molecule has 0 aliphatic heterocycles. The first-order chi connectivity index (χ1) is 7.68. The lowest BCUT2D eigenvalue weighted by Gasteiger charge is -1.95. The van der Waals surface area contributed by atoms with Crippen molar-refractivity contribution < 1.29 is 4.39 Å². The van der Waals surface area contributed by atoms with Gasteiger partial charge in [0.05, 0.1) is 0 Å². The number of nitrogens with one attached hydrogen (secondary N) is 1. The number of fused-ring (bicyclic) bond motifs is 3. The monoisotopic (exact) mass is 216 g/mol. The molecular weight excluding hydrogens is 207 g/mol. The van der Waals surface area contributed by atoms with Gasteiger partial charge >= 0.3 is 0 Å². The van der Waals surface area contributed by atoms with Crippen LogP contribution in [0.2, 0.25) is 0 Å². The summed E-state index contributed by atoms with van der Waals surface area (Å²) < 4.78 is 15.0. The first-order valence-corrected chi connectivity index (χ1v) is 4.94. The molecule has 80 valence electrons. The molecule has 0 spiro atoms. The van der Waals surface area contributed by atoms with Gasteiger partial charge in [0.15, 0.2) is 0 Å². The smallest absolute Gasteiger partial charge is 0.272 e. The molecule has 0 amide bonds. The van der Waals surface area contributed by atoms with E-state index in [1.807, 2.05) is 0 Å². The van der Waals surface area contributed by atoms with Gasteiger partial charge in [-0.25, -0.2) is 4.39 Å². The number of aromatic nitrogens is 2. The van der Waals surface area contributed by atoms with Crippen LogP contribution in [-0.4, -0.2) is 9.55 Å². The van der Waals surface area contributed by atoms with E-state index >= 15 is 0 Å². The van der Waals surface area contributed by atoms with Crippen molar-refractivity contribution in [3.05, 3.63) is 46.6 Å². The summed E-state index contributed by atoms with van der Waals surface area (Å²) in [6.45, 7) is 0. The SMILES string of the molecule is Cn1c2ccc(F)cc2c2cc[nH]c(=O)c21. The molecule has 3 nitrogen and oxygen atoms in total. The largest absolute Gasteiger partial charge is 0.339 e. The number of halogens is 1. The third kappa shape index (κ3) is 1.04. The maximum absolute atomic E-state index is 13.2. The molecule has 2 aromatic heterocycles. The highest BCUT2D eigenvalue weighted by atomic mass is 19.1. The second-order valence-corrected chi connectivity index (χ2v) is 3.79. The Morgan fingerprint density at radius 2 is 2.06 bits per heavy atom. The fourth-order valence-electron chi connectivity index (χ4n) is 2.16. The molecule has 0 atom stereocenters. The van der Waals surface area contributed by atoms with Crippen LogP contribution in [0.15, 0.2) is 35.3 Å². The quantitative estimate of drug-likeness (QED) is 0.614. The van der Waals surface area contributed by atoms with Crippen LogP contribution in [0.1, 0.15) is 0 Å². The average Bonchev–Trinajstić information content (AvgIpc) is 2.54. The van der Waals surface area contributed by atoms with Gasteiger partial charge in [-0.2, -0.15) is 0 Å². The van der Waals surface area contributed by atoms with Crippen molar-refractivity contribution in [2.24, 2.45) is 7.05 Å². The first kappa shape index (κ1) is 9.15. The molecule has 0 fully saturated rings. The molecule has 1 N–H and O–H groups in total. The minimum atomic E-state index is -0.291. The Kier molecular flexibility index (Phi) is 1.68. The fourth-order valence-corrected chi connectivity index (χ4v) is 2.16. The number of hydrogen-bond acceptors (Lipinski definition) is 1. The van der Waals surface area contributed by atoms with E-state index in [1.54, 1.807) is 29.9 Å². The van der Waals surface area contributed by atoms with Crippen molar-refractivity contribution in [2.45, 2.75) is 0 Å². The average molecular weight is 216 g/mol. The van der Waals surface area contributed by atoms with Crippen LogP contribution < -0.4 is 5.56 Å².